The number of sulfonamides is 1. The molecule has 0 unspecified atom stereocenters. The Hall–Kier alpha value is -1.62. The Bertz CT molecular complexity index is 715. The normalized spacial score (nSPS) is 15.4. The highest BCUT2D eigenvalue weighted by Crippen LogP contribution is 2.19. The number of amides is 1. The molecule has 1 aliphatic rings. The highest BCUT2D eigenvalue weighted by molar-refractivity contribution is 7.99. The van der Waals surface area contributed by atoms with E-state index in [2.05, 4.69) is 10.1 Å². The van der Waals surface area contributed by atoms with Crippen molar-refractivity contribution in [2.75, 3.05) is 50.2 Å². The lowest BCUT2D eigenvalue weighted by Gasteiger charge is -2.26. The molecule has 26 heavy (non-hydrogen) atoms. The number of benzene rings is 1. The van der Waals surface area contributed by atoms with Crippen LogP contribution < -0.4 is 5.32 Å². The summed E-state index contributed by atoms with van der Waals surface area (Å²) in [7, 11) is -2.22. The quantitative estimate of drug-likeness (QED) is 0.510. The van der Waals surface area contributed by atoms with E-state index >= 15 is 0 Å². The van der Waals surface area contributed by atoms with Gasteiger partial charge in [-0.05, 0) is 24.3 Å². The summed E-state index contributed by atoms with van der Waals surface area (Å²) in [6.07, 6.45) is 0.253. The minimum absolute atomic E-state index is 0.185. The first-order valence-electron chi connectivity index (χ1n) is 8.06. The van der Waals surface area contributed by atoms with Crippen LogP contribution in [0.1, 0.15) is 6.42 Å². The van der Waals surface area contributed by atoms with Gasteiger partial charge in [-0.3, -0.25) is 9.59 Å². The third-order valence-corrected chi connectivity index (χ3v) is 6.53. The summed E-state index contributed by atoms with van der Waals surface area (Å²) in [6, 6.07) is 6.07. The lowest BCUT2D eigenvalue weighted by molar-refractivity contribution is -0.140. The van der Waals surface area contributed by atoms with Gasteiger partial charge in [-0.25, -0.2) is 8.42 Å². The van der Waals surface area contributed by atoms with Crippen molar-refractivity contribution in [2.24, 2.45) is 0 Å². The summed E-state index contributed by atoms with van der Waals surface area (Å²) in [5.74, 6) is 0.167. The van der Waals surface area contributed by atoms with Crippen molar-refractivity contribution >= 4 is 39.3 Å². The van der Waals surface area contributed by atoms with E-state index in [9.17, 15) is 18.0 Å². The summed E-state index contributed by atoms with van der Waals surface area (Å²) in [4.78, 5) is 23.0. The molecular weight excluding hydrogens is 380 g/mol. The first-order chi connectivity index (χ1) is 12.4. The Balaban J connectivity index is 1.85. The molecule has 1 saturated heterocycles. The zero-order valence-corrected chi connectivity index (χ0v) is 16.1. The number of rotatable bonds is 8. The van der Waals surface area contributed by atoms with Gasteiger partial charge in [0.2, 0.25) is 15.9 Å². The van der Waals surface area contributed by atoms with E-state index in [4.69, 9.17) is 4.74 Å². The van der Waals surface area contributed by atoms with E-state index in [1.807, 2.05) is 0 Å². The molecule has 10 heteroatoms. The van der Waals surface area contributed by atoms with Crippen molar-refractivity contribution in [3.05, 3.63) is 24.3 Å². The fourth-order valence-corrected chi connectivity index (χ4v) is 4.39. The van der Waals surface area contributed by atoms with Crippen LogP contribution in [0.25, 0.3) is 0 Å². The predicted octanol–water partition coefficient (Wildman–Crippen LogP) is 0.942. The van der Waals surface area contributed by atoms with Crippen LogP contribution in [0.15, 0.2) is 29.2 Å². The lowest BCUT2D eigenvalue weighted by Crippen LogP contribution is -2.40. The summed E-state index contributed by atoms with van der Waals surface area (Å²) in [6.45, 7) is 1.45. The van der Waals surface area contributed by atoms with Gasteiger partial charge in [0, 0.05) is 24.5 Å². The second kappa shape index (κ2) is 9.91. The number of nitrogens with zero attached hydrogens (tertiary/aromatic N) is 1. The van der Waals surface area contributed by atoms with Crippen molar-refractivity contribution in [1.82, 2.24) is 4.31 Å². The number of anilines is 1. The number of ether oxygens (including phenoxy) is 2. The fraction of sp³-hybridized carbons (Fsp3) is 0.500. The third kappa shape index (κ3) is 5.97. The predicted molar refractivity (Wildman–Crippen MR) is 98.6 cm³/mol. The second-order valence-electron chi connectivity index (χ2n) is 5.47. The maximum Gasteiger partial charge on any atom is 0.306 e. The zero-order chi connectivity index (χ0) is 19.0. The monoisotopic (exact) mass is 402 g/mol. The highest BCUT2D eigenvalue weighted by atomic mass is 32.2. The van der Waals surface area contributed by atoms with Gasteiger partial charge in [-0.15, -0.1) is 0 Å². The van der Waals surface area contributed by atoms with Gasteiger partial charge < -0.3 is 14.8 Å². The van der Waals surface area contributed by atoms with Crippen molar-refractivity contribution in [3.63, 3.8) is 0 Å². The van der Waals surface area contributed by atoms with E-state index in [0.717, 1.165) is 0 Å². The Labute approximate surface area is 157 Å². The summed E-state index contributed by atoms with van der Waals surface area (Å²) < 4.78 is 36.1. The van der Waals surface area contributed by atoms with E-state index in [1.165, 1.54) is 35.3 Å². The average Bonchev–Trinajstić information content (AvgIpc) is 2.66. The number of esters is 1. The molecule has 2 rings (SSSR count). The topological polar surface area (TPSA) is 102 Å². The van der Waals surface area contributed by atoms with Crippen molar-refractivity contribution < 1.29 is 27.5 Å². The van der Waals surface area contributed by atoms with E-state index in [0.29, 0.717) is 37.7 Å². The van der Waals surface area contributed by atoms with Gasteiger partial charge in [0.15, 0.2) is 0 Å². The maximum atomic E-state index is 12.5. The molecule has 1 heterocycles. The summed E-state index contributed by atoms with van der Waals surface area (Å²) in [5.41, 5.74) is 0.518. The van der Waals surface area contributed by atoms with Gasteiger partial charge in [0.25, 0.3) is 0 Å². The first-order valence-corrected chi connectivity index (χ1v) is 10.7. The van der Waals surface area contributed by atoms with Crippen LogP contribution in [0, 0.1) is 0 Å². The highest BCUT2D eigenvalue weighted by Gasteiger charge is 2.26. The molecule has 1 amide bonds. The molecule has 8 nitrogen and oxygen atoms in total. The molecule has 0 radical (unpaired) electrons. The number of hydrogen-bond acceptors (Lipinski definition) is 7. The Morgan fingerprint density at radius 3 is 2.50 bits per heavy atom. The number of carbonyl (C=O) groups excluding carboxylic acids is 2. The Morgan fingerprint density at radius 1 is 1.23 bits per heavy atom. The van der Waals surface area contributed by atoms with Crippen LogP contribution in [0.5, 0.6) is 0 Å². The molecule has 0 spiro atoms. The number of nitrogens with one attached hydrogen (secondary N) is 1. The molecule has 0 atom stereocenters. The number of methoxy groups -OCH3 is 1. The van der Waals surface area contributed by atoms with Gasteiger partial charge in [0.05, 0.1) is 37.4 Å². The second-order valence-corrected chi connectivity index (χ2v) is 8.51. The number of morpholine rings is 1. The maximum absolute atomic E-state index is 12.5. The summed E-state index contributed by atoms with van der Waals surface area (Å²) >= 11 is 1.32. The molecule has 1 fully saturated rings. The molecule has 0 aliphatic carbocycles. The number of thioether (sulfide) groups is 1. The minimum atomic E-state index is -3.54. The van der Waals surface area contributed by atoms with Crippen LogP contribution in [-0.4, -0.2) is 69.5 Å². The van der Waals surface area contributed by atoms with Gasteiger partial charge >= 0.3 is 5.97 Å². The summed E-state index contributed by atoms with van der Waals surface area (Å²) in [5, 5.41) is 2.70. The average molecular weight is 402 g/mol. The molecule has 1 aromatic carbocycles. The smallest absolute Gasteiger partial charge is 0.306 e. The Kier molecular flexibility index (Phi) is 7.88. The number of carbonyl (C=O) groups is 2. The first kappa shape index (κ1) is 20.7. The molecule has 0 bridgehead atoms. The van der Waals surface area contributed by atoms with Crippen molar-refractivity contribution in [3.8, 4) is 0 Å². The van der Waals surface area contributed by atoms with Crippen molar-refractivity contribution in [1.29, 1.82) is 0 Å². The van der Waals surface area contributed by atoms with Crippen LogP contribution in [-0.2, 0) is 29.1 Å². The molecule has 144 valence electrons. The van der Waals surface area contributed by atoms with Gasteiger partial charge in [-0.1, -0.05) is 0 Å². The van der Waals surface area contributed by atoms with Crippen LogP contribution >= 0.6 is 11.8 Å². The minimum Gasteiger partial charge on any atom is -0.469 e. The van der Waals surface area contributed by atoms with E-state index < -0.39 is 10.0 Å². The van der Waals surface area contributed by atoms with Crippen LogP contribution in [0.4, 0.5) is 5.69 Å². The fourth-order valence-electron chi connectivity index (χ4n) is 2.27. The zero-order valence-electron chi connectivity index (χ0n) is 14.5. The standard InChI is InChI=1S/C16H22N2O6S2/c1-23-16(20)6-11-25-12-15(19)17-13-2-4-14(5-3-13)26(21,22)18-7-9-24-10-8-18/h2-5H,6-12H2,1H3,(H,17,19). The van der Waals surface area contributed by atoms with E-state index in [-0.39, 0.29) is 28.9 Å². The largest absolute Gasteiger partial charge is 0.469 e. The van der Waals surface area contributed by atoms with Crippen LogP contribution in [0.2, 0.25) is 0 Å². The molecule has 0 aromatic heterocycles. The van der Waals surface area contributed by atoms with Crippen molar-refractivity contribution in [2.45, 2.75) is 11.3 Å². The van der Waals surface area contributed by atoms with Crippen LogP contribution in [0.3, 0.4) is 0 Å². The third-order valence-electron chi connectivity index (χ3n) is 3.66. The molecule has 1 aromatic rings. The Morgan fingerprint density at radius 2 is 1.88 bits per heavy atom. The molecule has 1 aliphatic heterocycles. The number of hydrogen-bond donors (Lipinski definition) is 1. The van der Waals surface area contributed by atoms with Gasteiger partial charge in [-0.2, -0.15) is 16.1 Å². The molecule has 1 N–H and O–H groups in total. The molecular formula is C16H22N2O6S2. The van der Waals surface area contributed by atoms with Gasteiger partial charge in [0.1, 0.15) is 0 Å². The molecule has 0 saturated carbocycles. The van der Waals surface area contributed by atoms with E-state index in [1.54, 1.807) is 12.1 Å². The SMILES string of the molecule is COC(=O)CCSCC(=O)Nc1ccc(S(=O)(=O)N2CCOCC2)cc1. The lowest BCUT2D eigenvalue weighted by atomic mass is 10.3.